The highest BCUT2D eigenvalue weighted by molar-refractivity contribution is 4.85. The molecule has 1 aliphatic heterocycles. The van der Waals surface area contributed by atoms with E-state index in [0.717, 1.165) is 19.1 Å². The fourth-order valence-electron chi connectivity index (χ4n) is 2.30. The third-order valence-corrected chi connectivity index (χ3v) is 3.35. The van der Waals surface area contributed by atoms with Gasteiger partial charge in [0.15, 0.2) is 0 Å². The highest BCUT2D eigenvalue weighted by Gasteiger charge is 2.28. The predicted molar refractivity (Wildman–Crippen MR) is 69.7 cm³/mol. The van der Waals surface area contributed by atoms with E-state index in [2.05, 4.69) is 39.9 Å². The van der Waals surface area contributed by atoms with E-state index in [-0.39, 0.29) is 0 Å². The average molecular weight is 227 g/mol. The van der Waals surface area contributed by atoms with E-state index in [4.69, 9.17) is 4.74 Å². The molecule has 1 aliphatic rings. The molecule has 1 heterocycles. The SMILES string of the molecule is CC(C)CC(NC1CCCOC1)C(C)(C)C. The van der Waals surface area contributed by atoms with Crippen molar-refractivity contribution in [2.75, 3.05) is 13.2 Å². The topological polar surface area (TPSA) is 21.3 Å². The fourth-order valence-corrected chi connectivity index (χ4v) is 2.30. The number of rotatable bonds is 4. The molecule has 1 fully saturated rings. The van der Waals surface area contributed by atoms with E-state index in [1.165, 1.54) is 19.3 Å². The summed E-state index contributed by atoms with van der Waals surface area (Å²) < 4.78 is 5.54. The molecule has 2 atom stereocenters. The van der Waals surface area contributed by atoms with Crippen LogP contribution in [0.15, 0.2) is 0 Å². The maximum Gasteiger partial charge on any atom is 0.0619 e. The van der Waals surface area contributed by atoms with Gasteiger partial charge in [0.05, 0.1) is 6.61 Å². The van der Waals surface area contributed by atoms with Gasteiger partial charge in [-0.05, 0) is 30.6 Å². The summed E-state index contributed by atoms with van der Waals surface area (Å²) in [6.07, 6.45) is 3.72. The minimum absolute atomic E-state index is 0.335. The average Bonchev–Trinajstić information content (AvgIpc) is 2.16. The number of nitrogens with one attached hydrogen (secondary N) is 1. The predicted octanol–water partition coefficient (Wildman–Crippen LogP) is 3.22. The van der Waals surface area contributed by atoms with Crippen LogP contribution in [0.4, 0.5) is 0 Å². The molecule has 2 unspecified atom stereocenters. The Bertz CT molecular complexity index is 189. The van der Waals surface area contributed by atoms with Crippen LogP contribution in [0.25, 0.3) is 0 Å². The lowest BCUT2D eigenvalue weighted by Crippen LogP contribution is -2.49. The molecule has 0 aromatic carbocycles. The first-order valence-corrected chi connectivity index (χ1v) is 6.73. The van der Waals surface area contributed by atoms with Gasteiger partial charge in [-0.25, -0.2) is 0 Å². The van der Waals surface area contributed by atoms with E-state index < -0.39 is 0 Å². The number of hydrogen-bond donors (Lipinski definition) is 1. The Morgan fingerprint density at radius 2 is 2.00 bits per heavy atom. The van der Waals surface area contributed by atoms with Crippen molar-refractivity contribution < 1.29 is 4.74 Å². The Morgan fingerprint density at radius 3 is 2.44 bits per heavy atom. The van der Waals surface area contributed by atoms with Gasteiger partial charge in [-0.15, -0.1) is 0 Å². The molecule has 0 aromatic rings. The van der Waals surface area contributed by atoms with Crippen LogP contribution in [0.2, 0.25) is 0 Å². The van der Waals surface area contributed by atoms with Gasteiger partial charge >= 0.3 is 0 Å². The van der Waals surface area contributed by atoms with Crippen molar-refractivity contribution in [2.45, 2.75) is 66.0 Å². The Hall–Kier alpha value is -0.0800. The standard InChI is InChI=1S/C14H29NO/c1-11(2)9-13(14(3,4)5)15-12-7-6-8-16-10-12/h11-13,15H,6-10H2,1-5H3. The molecule has 0 spiro atoms. The monoisotopic (exact) mass is 227 g/mol. The molecule has 96 valence electrons. The second kappa shape index (κ2) is 6.02. The van der Waals surface area contributed by atoms with Gasteiger partial charge in [0, 0.05) is 18.7 Å². The zero-order valence-corrected chi connectivity index (χ0v) is 11.7. The first kappa shape index (κ1) is 14.0. The van der Waals surface area contributed by atoms with E-state index in [1.54, 1.807) is 0 Å². The highest BCUT2D eigenvalue weighted by atomic mass is 16.5. The Kier molecular flexibility index (Phi) is 5.26. The van der Waals surface area contributed by atoms with Crippen molar-refractivity contribution >= 4 is 0 Å². The quantitative estimate of drug-likeness (QED) is 0.796. The number of hydrogen-bond acceptors (Lipinski definition) is 2. The Labute approximate surface area is 101 Å². The molecule has 2 heteroatoms. The van der Waals surface area contributed by atoms with Crippen molar-refractivity contribution in [1.29, 1.82) is 0 Å². The molecule has 2 nitrogen and oxygen atoms in total. The van der Waals surface area contributed by atoms with E-state index in [1.807, 2.05) is 0 Å². The third-order valence-electron chi connectivity index (χ3n) is 3.35. The van der Waals surface area contributed by atoms with E-state index in [9.17, 15) is 0 Å². The summed E-state index contributed by atoms with van der Waals surface area (Å²) in [7, 11) is 0. The summed E-state index contributed by atoms with van der Waals surface area (Å²) >= 11 is 0. The van der Waals surface area contributed by atoms with Crippen LogP contribution in [-0.2, 0) is 4.74 Å². The minimum Gasteiger partial charge on any atom is -0.380 e. The van der Waals surface area contributed by atoms with Gasteiger partial charge in [0.25, 0.3) is 0 Å². The lowest BCUT2D eigenvalue weighted by molar-refractivity contribution is 0.0567. The van der Waals surface area contributed by atoms with Crippen molar-refractivity contribution in [3.05, 3.63) is 0 Å². The first-order valence-electron chi connectivity index (χ1n) is 6.73. The molecule has 0 saturated carbocycles. The molecule has 1 rings (SSSR count). The molecule has 0 bridgehead atoms. The summed E-state index contributed by atoms with van der Waals surface area (Å²) in [6, 6.07) is 1.16. The molecular formula is C14H29NO. The van der Waals surface area contributed by atoms with Crippen molar-refractivity contribution in [3.63, 3.8) is 0 Å². The van der Waals surface area contributed by atoms with Crippen LogP contribution < -0.4 is 5.32 Å². The van der Waals surface area contributed by atoms with Gasteiger partial charge in [-0.3, -0.25) is 0 Å². The maximum absolute atomic E-state index is 5.54. The molecule has 0 amide bonds. The van der Waals surface area contributed by atoms with Crippen LogP contribution in [0.3, 0.4) is 0 Å². The fraction of sp³-hybridized carbons (Fsp3) is 1.00. The lowest BCUT2D eigenvalue weighted by atomic mass is 9.81. The molecule has 0 aromatic heterocycles. The summed E-state index contributed by atoms with van der Waals surface area (Å²) in [5, 5.41) is 3.80. The zero-order chi connectivity index (χ0) is 12.2. The van der Waals surface area contributed by atoms with Gasteiger partial charge in [0.1, 0.15) is 0 Å². The summed E-state index contributed by atoms with van der Waals surface area (Å²) in [5.41, 5.74) is 0.335. The van der Waals surface area contributed by atoms with Gasteiger partial charge < -0.3 is 10.1 Å². The van der Waals surface area contributed by atoms with Crippen LogP contribution in [0, 0.1) is 11.3 Å². The molecule has 0 radical (unpaired) electrons. The van der Waals surface area contributed by atoms with Crippen LogP contribution in [0.1, 0.15) is 53.9 Å². The smallest absolute Gasteiger partial charge is 0.0619 e. The van der Waals surface area contributed by atoms with E-state index >= 15 is 0 Å². The largest absolute Gasteiger partial charge is 0.380 e. The van der Waals surface area contributed by atoms with Crippen molar-refractivity contribution in [1.82, 2.24) is 5.32 Å². The van der Waals surface area contributed by atoms with Crippen molar-refractivity contribution in [2.24, 2.45) is 11.3 Å². The Morgan fingerprint density at radius 1 is 1.31 bits per heavy atom. The summed E-state index contributed by atoms with van der Waals surface area (Å²) in [6.45, 7) is 13.4. The highest BCUT2D eigenvalue weighted by Crippen LogP contribution is 2.26. The van der Waals surface area contributed by atoms with Crippen molar-refractivity contribution in [3.8, 4) is 0 Å². The van der Waals surface area contributed by atoms with Gasteiger partial charge in [0.2, 0.25) is 0 Å². The number of ether oxygens (including phenoxy) is 1. The molecule has 16 heavy (non-hydrogen) atoms. The first-order chi connectivity index (χ1) is 7.39. The summed E-state index contributed by atoms with van der Waals surface area (Å²) in [5.74, 6) is 0.751. The zero-order valence-electron chi connectivity index (χ0n) is 11.7. The van der Waals surface area contributed by atoms with Gasteiger partial charge in [-0.1, -0.05) is 34.6 Å². The van der Waals surface area contributed by atoms with Crippen LogP contribution in [0.5, 0.6) is 0 Å². The molecule has 0 aliphatic carbocycles. The van der Waals surface area contributed by atoms with E-state index in [0.29, 0.717) is 17.5 Å². The molecule has 1 N–H and O–H groups in total. The third kappa shape index (κ3) is 4.84. The molecule has 1 saturated heterocycles. The maximum atomic E-state index is 5.54. The van der Waals surface area contributed by atoms with Gasteiger partial charge in [-0.2, -0.15) is 0 Å². The second-order valence-electron chi connectivity index (χ2n) is 6.63. The lowest BCUT2D eigenvalue weighted by Gasteiger charge is -2.37. The summed E-state index contributed by atoms with van der Waals surface area (Å²) in [4.78, 5) is 0. The van der Waals surface area contributed by atoms with Crippen LogP contribution >= 0.6 is 0 Å². The van der Waals surface area contributed by atoms with Crippen LogP contribution in [-0.4, -0.2) is 25.3 Å². The Balaban J connectivity index is 2.48. The molecular weight excluding hydrogens is 198 g/mol. The minimum atomic E-state index is 0.335. The normalized spacial score (nSPS) is 24.8. The second-order valence-corrected chi connectivity index (χ2v) is 6.63.